The maximum atomic E-state index is 13.0. The maximum absolute atomic E-state index is 13.0. The third-order valence-corrected chi connectivity index (χ3v) is 4.64. The van der Waals surface area contributed by atoms with Crippen LogP contribution in [0.3, 0.4) is 0 Å². The van der Waals surface area contributed by atoms with Crippen molar-refractivity contribution in [2.24, 2.45) is 0 Å². The normalized spacial score (nSPS) is 12.7. The van der Waals surface area contributed by atoms with Crippen LogP contribution in [0.4, 0.5) is 13.2 Å². The predicted octanol–water partition coefficient (Wildman–Crippen LogP) is 2.08. The second-order valence-electron chi connectivity index (χ2n) is 4.27. The van der Waals surface area contributed by atoms with Gasteiger partial charge in [-0.05, 0) is 12.1 Å². The van der Waals surface area contributed by atoms with Crippen LogP contribution < -0.4 is 0 Å². The Morgan fingerprint density at radius 2 is 1.82 bits per heavy atom. The lowest BCUT2D eigenvalue weighted by atomic mass is 10.2. The lowest BCUT2D eigenvalue weighted by Crippen LogP contribution is -2.18. The highest BCUT2D eigenvalue weighted by atomic mass is 32.2. The molecule has 2 heterocycles. The van der Waals surface area contributed by atoms with E-state index < -0.39 is 26.7 Å². The van der Waals surface area contributed by atoms with Crippen molar-refractivity contribution in [1.82, 2.24) is 18.9 Å². The quantitative estimate of drug-likeness (QED) is 0.720. The van der Waals surface area contributed by atoms with Crippen LogP contribution in [0.2, 0.25) is 0 Å². The molecule has 6 nitrogen and oxygen atoms in total. The Hall–Kier alpha value is -2.49. The fourth-order valence-corrected chi connectivity index (χ4v) is 3.45. The fourth-order valence-electron chi connectivity index (χ4n) is 1.96. The number of hydrogen-bond donors (Lipinski definition) is 0. The SMILES string of the molecule is O=S(=O)(c1ccccc1C(F)(F)F)n1cnc2ncncc21. The summed E-state index contributed by atoms with van der Waals surface area (Å²) >= 11 is 0. The average Bonchev–Trinajstić information content (AvgIpc) is 2.91. The van der Waals surface area contributed by atoms with Crippen molar-refractivity contribution in [3.8, 4) is 0 Å². The first-order valence-electron chi connectivity index (χ1n) is 5.86. The van der Waals surface area contributed by atoms with Gasteiger partial charge in [0.1, 0.15) is 23.1 Å². The summed E-state index contributed by atoms with van der Waals surface area (Å²) in [4.78, 5) is 10.3. The molecule has 1 aromatic carbocycles. The van der Waals surface area contributed by atoms with Crippen molar-refractivity contribution in [3.63, 3.8) is 0 Å². The van der Waals surface area contributed by atoms with Gasteiger partial charge in [-0.2, -0.15) is 13.2 Å². The van der Waals surface area contributed by atoms with E-state index in [9.17, 15) is 21.6 Å². The number of benzene rings is 1. The van der Waals surface area contributed by atoms with Crippen LogP contribution in [-0.2, 0) is 16.2 Å². The molecule has 114 valence electrons. The summed E-state index contributed by atoms with van der Waals surface area (Å²) in [5.41, 5.74) is -1.17. The van der Waals surface area contributed by atoms with Gasteiger partial charge in [-0.3, -0.25) is 0 Å². The Balaban J connectivity index is 2.28. The van der Waals surface area contributed by atoms with E-state index in [-0.39, 0.29) is 11.2 Å². The van der Waals surface area contributed by atoms with E-state index in [2.05, 4.69) is 15.0 Å². The van der Waals surface area contributed by atoms with E-state index in [4.69, 9.17) is 0 Å². The van der Waals surface area contributed by atoms with E-state index in [1.807, 2.05) is 0 Å². The fraction of sp³-hybridized carbons (Fsp3) is 0.0833. The minimum Gasteiger partial charge on any atom is -0.242 e. The van der Waals surface area contributed by atoms with E-state index in [0.29, 0.717) is 10.0 Å². The molecule has 0 aliphatic rings. The molecule has 0 aliphatic carbocycles. The number of halogens is 3. The summed E-state index contributed by atoms with van der Waals surface area (Å²) < 4.78 is 64.8. The molecule has 0 atom stereocenters. The van der Waals surface area contributed by atoms with Crippen molar-refractivity contribution in [2.45, 2.75) is 11.1 Å². The molecule has 0 radical (unpaired) electrons. The monoisotopic (exact) mass is 328 g/mol. The van der Waals surface area contributed by atoms with E-state index in [1.165, 1.54) is 12.3 Å². The van der Waals surface area contributed by atoms with E-state index in [1.54, 1.807) is 0 Å². The number of rotatable bonds is 2. The van der Waals surface area contributed by atoms with Gasteiger partial charge in [-0.25, -0.2) is 27.3 Å². The van der Waals surface area contributed by atoms with Gasteiger partial charge in [0.15, 0.2) is 5.65 Å². The van der Waals surface area contributed by atoms with E-state index >= 15 is 0 Å². The standard InChI is InChI=1S/C12H7F3N4O2S/c13-12(14,15)8-3-1-2-4-10(8)22(20,21)19-7-18-11-9(19)5-16-6-17-11/h1-7H. The Morgan fingerprint density at radius 1 is 1.09 bits per heavy atom. The molecule has 10 heteroatoms. The van der Waals surface area contributed by atoms with Crippen LogP contribution in [0.1, 0.15) is 5.56 Å². The lowest BCUT2D eigenvalue weighted by molar-refractivity contribution is -0.139. The van der Waals surface area contributed by atoms with Crippen LogP contribution >= 0.6 is 0 Å². The molecule has 0 unspecified atom stereocenters. The minimum atomic E-state index is -4.80. The highest BCUT2D eigenvalue weighted by Gasteiger charge is 2.37. The predicted molar refractivity (Wildman–Crippen MR) is 69.4 cm³/mol. The van der Waals surface area contributed by atoms with Crippen molar-refractivity contribution in [2.75, 3.05) is 0 Å². The third-order valence-electron chi connectivity index (χ3n) is 2.92. The zero-order valence-electron chi connectivity index (χ0n) is 10.7. The van der Waals surface area contributed by atoms with E-state index in [0.717, 1.165) is 24.8 Å². The molecule has 0 N–H and O–H groups in total. The molecule has 2 aromatic heterocycles. The summed E-state index contributed by atoms with van der Waals surface area (Å²) in [6.45, 7) is 0. The molecule has 0 fully saturated rings. The molecular weight excluding hydrogens is 321 g/mol. The Bertz CT molecular complexity index is 950. The highest BCUT2D eigenvalue weighted by Crippen LogP contribution is 2.35. The second-order valence-corrected chi connectivity index (χ2v) is 6.05. The largest absolute Gasteiger partial charge is 0.417 e. The van der Waals surface area contributed by atoms with Crippen molar-refractivity contribution < 1.29 is 21.6 Å². The molecule has 0 aliphatic heterocycles. The number of aromatic nitrogens is 4. The summed E-state index contributed by atoms with van der Waals surface area (Å²) in [6, 6.07) is 3.95. The first kappa shape index (κ1) is 14.4. The van der Waals surface area contributed by atoms with Gasteiger partial charge >= 0.3 is 6.18 Å². The summed E-state index contributed by atoms with van der Waals surface area (Å²) in [5, 5.41) is 0. The zero-order valence-corrected chi connectivity index (χ0v) is 11.5. The number of alkyl halides is 3. The number of hydrogen-bond acceptors (Lipinski definition) is 5. The topological polar surface area (TPSA) is 77.7 Å². The van der Waals surface area contributed by atoms with Gasteiger partial charge in [0.2, 0.25) is 0 Å². The van der Waals surface area contributed by atoms with Crippen LogP contribution in [-0.4, -0.2) is 27.3 Å². The summed E-state index contributed by atoms with van der Waals surface area (Å²) in [5.74, 6) is 0. The Kier molecular flexibility index (Phi) is 3.13. The van der Waals surface area contributed by atoms with Crippen molar-refractivity contribution in [3.05, 3.63) is 48.7 Å². The van der Waals surface area contributed by atoms with Gasteiger partial charge in [-0.15, -0.1) is 0 Å². The highest BCUT2D eigenvalue weighted by molar-refractivity contribution is 7.90. The second kappa shape index (κ2) is 4.77. The van der Waals surface area contributed by atoms with Gasteiger partial charge in [0.25, 0.3) is 10.0 Å². The van der Waals surface area contributed by atoms with Crippen LogP contribution in [0.15, 0.2) is 48.0 Å². The summed E-state index contributed by atoms with van der Waals surface area (Å²) in [7, 11) is -4.48. The third kappa shape index (κ3) is 2.21. The van der Waals surface area contributed by atoms with Gasteiger partial charge in [0, 0.05) is 0 Å². The Labute approximate surface area is 122 Å². The molecule has 3 aromatic rings. The summed E-state index contributed by atoms with van der Waals surface area (Å²) in [6.07, 6.45) is -1.56. The zero-order chi connectivity index (χ0) is 16.0. The molecule has 0 bridgehead atoms. The molecule has 3 rings (SSSR count). The van der Waals surface area contributed by atoms with Crippen molar-refractivity contribution in [1.29, 1.82) is 0 Å². The maximum Gasteiger partial charge on any atom is 0.417 e. The molecule has 0 amide bonds. The van der Waals surface area contributed by atoms with Gasteiger partial charge < -0.3 is 0 Å². The Morgan fingerprint density at radius 3 is 2.55 bits per heavy atom. The molecule has 0 saturated heterocycles. The molecule has 0 saturated carbocycles. The van der Waals surface area contributed by atoms with Crippen LogP contribution in [0, 0.1) is 0 Å². The minimum absolute atomic E-state index is 0.000484. The molecule has 0 spiro atoms. The molecular formula is C12H7F3N4O2S. The van der Waals surface area contributed by atoms with Crippen LogP contribution in [0.25, 0.3) is 11.2 Å². The number of nitrogens with zero attached hydrogens (tertiary/aromatic N) is 4. The lowest BCUT2D eigenvalue weighted by Gasteiger charge is -2.13. The van der Waals surface area contributed by atoms with Gasteiger partial charge in [0.05, 0.1) is 11.8 Å². The first-order chi connectivity index (χ1) is 10.3. The van der Waals surface area contributed by atoms with Gasteiger partial charge in [-0.1, -0.05) is 12.1 Å². The number of fused-ring (bicyclic) bond motifs is 1. The molecule has 22 heavy (non-hydrogen) atoms. The smallest absolute Gasteiger partial charge is 0.242 e. The van der Waals surface area contributed by atoms with Crippen LogP contribution in [0.5, 0.6) is 0 Å². The van der Waals surface area contributed by atoms with Crippen molar-refractivity contribution >= 4 is 21.2 Å². The first-order valence-corrected chi connectivity index (χ1v) is 7.30. The number of imidazole rings is 1. The average molecular weight is 328 g/mol.